The molecule has 0 saturated heterocycles. The molecular weight excluding hydrogens is 156 g/mol. The van der Waals surface area contributed by atoms with E-state index in [1.807, 2.05) is 12.3 Å². The van der Waals surface area contributed by atoms with E-state index in [0.29, 0.717) is 5.70 Å². The summed E-state index contributed by atoms with van der Waals surface area (Å²) in [4.78, 5) is 4.20. The first kappa shape index (κ1) is 8.01. The number of thiazole rings is 1. The van der Waals surface area contributed by atoms with E-state index in [-0.39, 0.29) is 0 Å². The van der Waals surface area contributed by atoms with E-state index in [1.165, 1.54) is 11.3 Å². The first-order valence-electron chi connectivity index (χ1n) is 3.17. The number of hydrogen-bond acceptors (Lipinski definition) is 3. The van der Waals surface area contributed by atoms with Gasteiger partial charge in [-0.15, -0.1) is 11.3 Å². The maximum Gasteiger partial charge on any atom is 0.139 e. The van der Waals surface area contributed by atoms with Crippen LogP contribution in [0.4, 0.5) is 0 Å². The molecule has 1 aromatic heterocycles. The molecule has 0 radical (unpaired) electrons. The quantitative estimate of drug-likeness (QED) is 0.730. The molecule has 0 unspecified atom stereocenters. The molecule has 1 heterocycles. The Balaban J connectivity index is 2.99. The van der Waals surface area contributed by atoms with Crippen molar-refractivity contribution in [3.63, 3.8) is 0 Å². The molecule has 0 spiro atoms. The van der Waals surface area contributed by atoms with Gasteiger partial charge in [-0.3, -0.25) is 0 Å². The summed E-state index contributed by atoms with van der Waals surface area (Å²) in [6, 6.07) is 0. The van der Waals surface area contributed by atoms with E-state index >= 15 is 0 Å². The molecule has 0 bridgehead atoms. The van der Waals surface area contributed by atoms with Crippen LogP contribution >= 0.6 is 11.3 Å². The Morgan fingerprint density at radius 3 is 2.55 bits per heavy atom. The summed E-state index contributed by atoms with van der Waals surface area (Å²) in [7, 11) is 0. The van der Waals surface area contributed by atoms with Crippen LogP contribution in [0.2, 0.25) is 0 Å². The average molecular weight is 166 g/mol. The third kappa shape index (κ3) is 1.68. The summed E-state index contributed by atoms with van der Waals surface area (Å²) >= 11 is 1.49. The van der Waals surface area contributed by atoms with Gasteiger partial charge in [-0.05, 0) is 12.5 Å². The first-order chi connectivity index (χ1) is 5.11. The van der Waals surface area contributed by atoms with E-state index in [0.717, 1.165) is 16.3 Å². The monoisotopic (exact) mass is 166 g/mol. The van der Waals surface area contributed by atoms with E-state index < -0.39 is 0 Å². The van der Waals surface area contributed by atoms with Crippen molar-refractivity contribution in [2.45, 2.75) is 6.92 Å². The van der Waals surface area contributed by atoms with E-state index in [2.05, 4.69) is 18.1 Å². The fraction of sp³-hybridized carbons (Fsp3) is 0.125. The van der Waals surface area contributed by atoms with Crippen molar-refractivity contribution in [1.82, 2.24) is 4.98 Å². The second-order valence-electron chi connectivity index (χ2n) is 2.34. The predicted octanol–water partition coefficient (Wildman–Crippen LogP) is 2.11. The third-order valence-electron chi connectivity index (χ3n) is 1.22. The highest BCUT2D eigenvalue weighted by molar-refractivity contribution is 7.10. The van der Waals surface area contributed by atoms with Crippen LogP contribution in [0.15, 0.2) is 18.5 Å². The van der Waals surface area contributed by atoms with Crippen molar-refractivity contribution < 1.29 is 0 Å². The van der Waals surface area contributed by atoms with Gasteiger partial charge in [0.25, 0.3) is 0 Å². The van der Waals surface area contributed by atoms with Gasteiger partial charge in [0.2, 0.25) is 0 Å². The minimum absolute atomic E-state index is 0.516. The molecule has 0 saturated carbocycles. The SMILES string of the molecule is C=C(C)c1csc(C(=C)N)n1. The summed E-state index contributed by atoms with van der Waals surface area (Å²) in [5.41, 5.74) is 7.82. The fourth-order valence-electron chi connectivity index (χ4n) is 0.617. The van der Waals surface area contributed by atoms with Gasteiger partial charge in [0, 0.05) is 5.38 Å². The molecule has 11 heavy (non-hydrogen) atoms. The van der Waals surface area contributed by atoms with Gasteiger partial charge in [0.05, 0.1) is 11.4 Å². The minimum atomic E-state index is 0.516. The lowest BCUT2D eigenvalue weighted by molar-refractivity contribution is 1.30. The number of hydrogen-bond donors (Lipinski definition) is 1. The summed E-state index contributed by atoms with van der Waals surface area (Å²) in [6.45, 7) is 9.28. The average Bonchev–Trinajstić information content (AvgIpc) is 2.33. The van der Waals surface area contributed by atoms with Crippen LogP contribution in [0.3, 0.4) is 0 Å². The molecule has 0 aliphatic carbocycles. The number of nitrogens with zero attached hydrogens (tertiary/aromatic N) is 1. The fourth-order valence-corrected chi connectivity index (χ4v) is 1.40. The second-order valence-corrected chi connectivity index (χ2v) is 3.20. The van der Waals surface area contributed by atoms with Crippen LogP contribution in [0.5, 0.6) is 0 Å². The lowest BCUT2D eigenvalue weighted by Gasteiger charge is -1.90. The molecule has 0 atom stereocenters. The van der Waals surface area contributed by atoms with Crippen molar-refractivity contribution in [3.8, 4) is 0 Å². The third-order valence-corrected chi connectivity index (χ3v) is 2.13. The summed E-state index contributed by atoms with van der Waals surface area (Å²) < 4.78 is 0. The van der Waals surface area contributed by atoms with Crippen molar-refractivity contribution in [1.29, 1.82) is 0 Å². The Morgan fingerprint density at radius 1 is 1.64 bits per heavy atom. The molecule has 1 aromatic rings. The Kier molecular flexibility index (Phi) is 2.10. The second kappa shape index (κ2) is 2.88. The molecular formula is C8H10N2S. The lowest BCUT2D eigenvalue weighted by atomic mass is 10.3. The van der Waals surface area contributed by atoms with Gasteiger partial charge in [0.1, 0.15) is 5.01 Å². The van der Waals surface area contributed by atoms with Crippen molar-refractivity contribution in [3.05, 3.63) is 29.2 Å². The number of rotatable bonds is 2. The first-order valence-corrected chi connectivity index (χ1v) is 4.05. The molecule has 3 heteroatoms. The van der Waals surface area contributed by atoms with Crippen molar-refractivity contribution >= 4 is 22.6 Å². The number of aromatic nitrogens is 1. The topological polar surface area (TPSA) is 38.9 Å². The summed E-state index contributed by atoms with van der Waals surface area (Å²) in [6.07, 6.45) is 0. The van der Waals surface area contributed by atoms with Crippen LogP contribution in [-0.4, -0.2) is 4.98 Å². The smallest absolute Gasteiger partial charge is 0.139 e. The highest BCUT2D eigenvalue weighted by Gasteiger charge is 2.01. The van der Waals surface area contributed by atoms with E-state index in [4.69, 9.17) is 5.73 Å². The molecule has 58 valence electrons. The van der Waals surface area contributed by atoms with Gasteiger partial charge in [0.15, 0.2) is 0 Å². The van der Waals surface area contributed by atoms with Crippen LogP contribution in [0, 0.1) is 0 Å². The van der Waals surface area contributed by atoms with E-state index in [9.17, 15) is 0 Å². The zero-order valence-electron chi connectivity index (χ0n) is 6.42. The molecule has 0 aromatic carbocycles. The van der Waals surface area contributed by atoms with Gasteiger partial charge < -0.3 is 5.73 Å². The van der Waals surface area contributed by atoms with Gasteiger partial charge >= 0.3 is 0 Å². The number of allylic oxidation sites excluding steroid dienone is 1. The van der Waals surface area contributed by atoms with Gasteiger partial charge in [-0.1, -0.05) is 13.2 Å². The zero-order chi connectivity index (χ0) is 8.43. The maximum atomic E-state index is 5.45. The van der Waals surface area contributed by atoms with Crippen LogP contribution in [0.1, 0.15) is 17.6 Å². The molecule has 0 fully saturated rings. The summed E-state index contributed by atoms with van der Waals surface area (Å²) in [5.74, 6) is 0. The van der Waals surface area contributed by atoms with Crippen LogP contribution in [0.25, 0.3) is 11.3 Å². The largest absolute Gasteiger partial charge is 0.397 e. The van der Waals surface area contributed by atoms with Crippen LogP contribution < -0.4 is 5.73 Å². The molecule has 2 N–H and O–H groups in total. The minimum Gasteiger partial charge on any atom is -0.397 e. The Bertz CT molecular complexity index is 270. The van der Waals surface area contributed by atoms with Crippen molar-refractivity contribution in [2.75, 3.05) is 0 Å². The van der Waals surface area contributed by atoms with E-state index in [1.54, 1.807) is 0 Å². The molecule has 1 rings (SSSR count). The highest BCUT2D eigenvalue weighted by atomic mass is 32.1. The Labute approximate surface area is 70.1 Å². The Hall–Kier alpha value is -1.09. The molecule has 0 amide bonds. The van der Waals surface area contributed by atoms with Crippen molar-refractivity contribution in [2.24, 2.45) is 5.73 Å². The standard InChI is InChI=1S/C8H10N2S/c1-5(2)7-4-11-8(10-7)6(3)9/h4H,1,3,9H2,2H3. The number of nitrogens with two attached hydrogens (primary N) is 1. The van der Waals surface area contributed by atoms with Gasteiger partial charge in [-0.25, -0.2) is 4.98 Å². The maximum absolute atomic E-state index is 5.45. The highest BCUT2D eigenvalue weighted by Crippen LogP contribution is 2.18. The predicted molar refractivity (Wildman–Crippen MR) is 50.0 cm³/mol. The molecule has 2 nitrogen and oxygen atoms in total. The molecule has 0 aliphatic heterocycles. The van der Waals surface area contributed by atoms with Crippen LogP contribution in [-0.2, 0) is 0 Å². The summed E-state index contributed by atoms with van der Waals surface area (Å²) in [5, 5.41) is 2.71. The zero-order valence-corrected chi connectivity index (χ0v) is 7.24. The molecule has 0 aliphatic rings. The lowest BCUT2D eigenvalue weighted by Crippen LogP contribution is -1.92. The Morgan fingerprint density at radius 2 is 2.27 bits per heavy atom. The van der Waals surface area contributed by atoms with Gasteiger partial charge in [-0.2, -0.15) is 0 Å². The normalized spacial score (nSPS) is 9.55.